The van der Waals surface area contributed by atoms with Crippen molar-refractivity contribution in [3.05, 3.63) is 53.2 Å². The van der Waals surface area contributed by atoms with Crippen LogP contribution in [0.25, 0.3) is 22.0 Å². The lowest BCUT2D eigenvalue weighted by atomic mass is 9.96. The quantitative estimate of drug-likeness (QED) is 0.606. The van der Waals surface area contributed by atoms with E-state index in [2.05, 4.69) is 15.6 Å². The Kier molecular flexibility index (Phi) is 5.03. The van der Waals surface area contributed by atoms with Crippen molar-refractivity contribution in [2.45, 2.75) is 25.8 Å². The van der Waals surface area contributed by atoms with Gasteiger partial charge in [0.05, 0.1) is 23.9 Å². The highest BCUT2D eigenvalue weighted by Crippen LogP contribution is 2.37. The summed E-state index contributed by atoms with van der Waals surface area (Å²) in [5.41, 5.74) is 10.9. The Morgan fingerprint density at radius 1 is 1.13 bits per heavy atom. The molecule has 1 fully saturated rings. The van der Waals surface area contributed by atoms with Gasteiger partial charge in [0.2, 0.25) is 0 Å². The number of carbonyl (C=O) groups is 2. The molecule has 2 amide bonds. The zero-order chi connectivity index (χ0) is 21.4. The van der Waals surface area contributed by atoms with Gasteiger partial charge in [-0.1, -0.05) is 12.1 Å². The van der Waals surface area contributed by atoms with Gasteiger partial charge in [0.15, 0.2) is 0 Å². The molecule has 0 radical (unpaired) electrons. The van der Waals surface area contributed by atoms with Gasteiger partial charge >= 0.3 is 0 Å². The zero-order valence-corrected chi connectivity index (χ0v) is 17.2. The molecule has 7 heteroatoms. The van der Waals surface area contributed by atoms with Crippen LogP contribution in [0.15, 0.2) is 36.5 Å². The zero-order valence-electron chi connectivity index (χ0n) is 17.2. The van der Waals surface area contributed by atoms with Crippen molar-refractivity contribution >= 4 is 28.4 Å². The number of hydrogen-bond acceptors (Lipinski definition) is 5. The Balaban J connectivity index is 1.82. The number of nitrogens with two attached hydrogens (primary N) is 1. The Morgan fingerprint density at radius 2 is 1.90 bits per heavy atom. The summed E-state index contributed by atoms with van der Waals surface area (Å²) >= 11 is 0. The van der Waals surface area contributed by atoms with Crippen molar-refractivity contribution in [2.24, 2.45) is 0 Å². The number of carbonyl (C=O) groups excluding carboxylic acids is 2. The number of aromatic nitrogens is 1. The molecule has 1 aliphatic rings. The van der Waals surface area contributed by atoms with E-state index in [1.807, 2.05) is 31.2 Å². The maximum absolute atomic E-state index is 12.5. The number of benzene rings is 2. The normalized spacial score (nSPS) is 13.2. The molecule has 7 nitrogen and oxygen atoms in total. The molecule has 1 saturated carbocycles. The number of nitrogen functional groups attached to an aromatic ring is 1. The third-order valence-electron chi connectivity index (χ3n) is 5.40. The Morgan fingerprint density at radius 3 is 2.53 bits per heavy atom. The summed E-state index contributed by atoms with van der Waals surface area (Å²) in [6.07, 6.45) is 3.51. The molecular formula is C23H24N4O3. The fraction of sp³-hybridized carbons (Fsp3) is 0.261. The predicted octanol–water partition coefficient (Wildman–Crippen LogP) is 3.05. The van der Waals surface area contributed by atoms with E-state index < -0.39 is 0 Å². The standard InChI is InChI=1S/C23H24N4O3/c1-12-8-13(4-7-15(12)22(28)25-2)16-9-17-19(10-20(16)30-3)26-11-18(21(17)24)23(29)27-14-5-6-14/h4,7-11,14H,5-6H2,1-3H3,(H2,24,26)(H,25,28)(H,27,29). The Labute approximate surface area is 174 Å². The highest BCUT2D eigenvalue weighted by atomic mass is 16.5. The number of methoxy groups -OCH3 is 1. The largest absolute Gasteiger partial charge is 0.496 e. The summed E-state index contributed by atoms with van der Waals surface area (Å²) in [5, 5.41) is 6.28. The van der Waals surface area contributed by atoms with Crippen LogP contribution in [0, 0.1) is 6.92 Å². The number of ether oxygens (including phenoxy) is 1. The molecule has 3 aromatic rings. The number of amides is 2. The molecule has 0 spiro atoms. The van der Waals surface area contributed by atoms with E-state index in [0.717, 1.165) is 29.5 Å². The third-order valence-corrected chi connectivity index (χ3v) is 5.40. The minimum absolute atomic E-state index is 0.135. The van der Waals surface area contributed by atoms with Crippen molar-refractivity contribution < 1.29 is 14.3 Å². The van der Waals surface area contributed by atoms with E-state index in [0.29, 0.717) is 33.5 Å². The van der Waals surface area contributed by atoms with Gasteiger partial charge in [-0.05, 0) is 43.0 Å². The molecule has 0 saturated heterocycles. The van der Waals surface area contributed by atoms with E-state index in [1.54, 1.807) is 20.2 Å². The van der Waals surface area contributed by atoms with Crippen LogP contribution in [0.2, 0.25) is 0 Å². The second kappa shape index (κ2) is 7.67. The van der Waals surface area contributed by atoms with Gasteiger partial charge < -0.3 is 21.1 Å². The second-order valence-corrected chi connectivity index (χ2v) is 7.51. The van der Waals surface area contributed by atoms with Gasteiger partial charge in [0.25, 0.3) is 11.8 Å². The molecule has 4 N–H and O–H groups in total. The molecule has 1 aromatic heterocycles. The van der Waals surface area contributed by atoms with E-state index >= 15 is 0 Å². The first kappa shape index (κ1) is 19.7. The van der Waals surface area contributed by atoms with Crippen molar-refractivity contribution in [3.8, 4) is 16.9 Å². The molecule has 30 heavy (non-hydrogen) atoms. The van der Waals surface area contributed by atoms with Gasteiger partial charge in [-0.3, -0.25) is 14.6 Å². The van der Waals surface area contributed by atoms with Crippen LogP contribution >= 0.6 is 0 Å². The molecule has 0 atom stereocenters. The van der Waals surface area contributed by atoms with Gasteiger partial charge in [-0.2, -0.15) is 0 Å². The summed E-state index contributed by atoms with van der Waals surface area (Å²) in [5.74, 6) is 0.300. The van der Waals surface area contributed by atoms with Crippen LogP contribution in [0.5, 0.6) is 5.75 Å². The maximum Gasteiger partial charge on any atom is 0.255 e. The summed E-state index contributed by atoms with van der Waals surface area (Å²) in [6, 6.07) is 9.52. The summed E-state index contributed by atoms with van der Waals surface area (Å²) in [7, 11) is 3.20. The number of hydrogen-bond donors (Lipinski definition) is 3. The highest BCUT2D eigenvalue weighted by molar-refractivity contribution is 6.07. The van der Waals surface area contributed by atoms with Crippen LogP contribution in [0.3, 0.4) is 0 Å². The smallest absolute Gasteiger partial charge is 0.255 e. The number of pyridine rings is 1. The average Bonchev–Trinajstić information content (AvgIpc) is 3.56. The van der Waals surface area contributed by atoms with Crippen LogP contribution in [-0.2, 0) is 0 Å². The molecule has 4 rings (SSSR count). The Hall–Kier alpha value is -3.61. The summed E-state index contributed by atoms with van der Waals surface area (Å²) < 4.78 is 5.59. The molecule has 0 bridgehead atoms. The summed E-state index contributed by atoms with van der Waals surface area (Å²) in [6.45, 7) is 1.89. The van der Waals surface area contributed by atoms with Gasteiger partial charge in [-0.15, -0.1) is 0 Å². The van der Waals surface area contributed by atoms with E-state index in [9.17, 15) is 9.59 Å². The molecule has 1 aliphatic carbocycles. The SMILES string of the molecule is CNC(=O)c1ccc(-c2cc3c(N)c(C(=O)NC4CC4)cnc3cc2OC)cc1C. The monoisotopic (exact) mass is 404 g/mol. The highest BCUT2D eigenvalue weighted by Gasteiger charge is 2.25. The van der Waals surface area contributed by atoms with Crippen LogP contribution in [-0.4, -0.2) is 37.0 Å². The number of anilines is 1. The lowest BCUT2D eigenvalue weighted by Gasteiger charge is -2.15. The number of nitrogens with one attached hydrogen (secondary N) is 2. The number of nitrogens with zero attached hydrogens (tertiary/aromatic N) is 1. The van der Waals surface area contributed by atoms with Crippen molar-refractivity contribution in [1.29, 1.82) is 0 Å². The van der Waals surface area contributed by atoms with Gasteiger partial charge in [-0.25, -0.2) is 0 Å². The second-order valence-electron chi connectivity index (χ2n) is 7.51. The summed E-state index contributed by atoms with van der Waals surface area (Å²) in [4.78, 5) is 29.0. The van der Waals surface area contributed by atoms with E-state index in [1.165, 1.54) is 6.20 Å². The topological polar surface area (TPSA) is 106 Å². The lowest BCUT2D eigenvalue weighted by Crippen LogP contribution is -2.26. The first-order valence-electron chi connectivity index (χ1n) is 9.83. The minimum Gasteiger partial charge on any atom is -0.496 e. The lowest BCUT2D eigenvalue weighted by molar-refractivity contribution is 0.0947. The molecule has 1 heterocycles. The van der Waals surface area contributed by atoms with Crippen LogP contribution in [0.1, 0.15) is 39.1 Å². The first-order valence-corrected chi connectivity index (χ1v) is 9.83. The fourth-order valence-corrected chi connectivity index (χ4v) is 3.53. The Bertz CT molecular complexity index is 1170. The number of aryl methyl sites for hydroxylation is 1. The maximum atomic E-state index is 12.5. The van der Waals surface area contributed by atoms with E-state index in [4.69, 9.17) is 10.5 Å². The fourth-order valence-electron chi connectivity index (χ4n) is 3.53. The molecule has 0 unspecified atom stereocenters. The van der Waals surface area contributed by atoms with Crippen molar-refractivity contribution in [1.82, 2.24) is 15.6 Å². The minimum atomic E-state index is -0.201. The molecule has 154 valence electrons. The molecule has 2 aromatic carbocycles. The van der Waals surface area contributed by atoms with Crippen LogP contribution < -0.4 is 21.1 Å². The number of fused-ring (bicyclic) bond motifs is 1. The third kappa shape index (κ3) is 3.54. The van der Waals surface area contributed by atoms with Crippen LogP contribution in [0.4, 0.5) is 5.69 Å². The van der Waals surface area contributed by atoms with Gasteiger partial charge in [0.1, 0.15) is 5.75 Å². The average molecular weight is 404 g/mol. The van der Waals surface area contributed by atoms with Gasteiger partial charge in [0, 0.05) is 41.9 Å². The first-order chi connectivity index (χ1) is 14.4. The van der Waals surface area contributed by atoms with E-state index in [-0.39, 0.29) is 17.9 Å². The van der Waals surface area contributed by atoms with Crippen molar-refractivity contribution in [3.63, 3.8) is 0 Å². The number of rotatable bonds is 5. The predicted molar refractivity (Wildman–Crippen MR) is 117 cm³/mol. The molecule has 0 aliphatic heterocycles. The van der Waals surface area contributed by atoms with Crippen molar-refractivity contribution in [2.75, 3.05) is 19.9 Å². The molecular weight excluding hydrogens is 380 g/mol.